The van der Waals surface area contributed by atoms with Crippen molar-refractivity contribution in [2.75, 3.05) is 0 Å². The predicted octanol–water partition coefficient (Wildman–Crippen LogP) is 3.20. The minimum atomic E-state index is -4.75. The fourth-order valence-electron chi connectivity index (χ4n) is 6.10. The van der Waals surface area contributed by atoms with E-state index < -0.39 is 22.3 Å². The third-order valence-electron chi connectivity index (χ3n) is 7.31. The second kappa shape index (κ2) is 6.71. The van der Waals surface area contributed by atoms with E-state index in [2.05, 4.69) is 6.92 Å². The van der Waals surface area contributed by atoms with Gasteiger partial charge in [0.15, 0.2) is 0 Å². The number of carbonyl (C=O) groups excluding carboxylic acids is 1. The number of amides is 1. The van der Waals surface area contributed by atoms with Gasteiger partial charge in [-0.3, -0.25) is 14.2 Å². The van der Waals surface area contributed by atoms with Gasteiger partial charge < -0.3 is 5.11 Å². The van der Waals surface area contributed by atoms with Crippen LogP contribution in [0.5, 0.6) is 5.75 Å². The molecule has 0 aromatic heterocycles. The third-order valence-corrected chi connectivity index (χ3v) is 8.08. The van der Waals surface area contributed by atoms with Crippen molar-refractivity contribution in [2.24, 2.45) is 17.3 Å². The van der Waals surface area contributed by atoms with Crippen LogP contribution < -0.4 is 0 Å². The second-order valence-electron chi connectivity index (χ2n) is 8.74. The molecule has 3 aliphatic carbocycles. The molecule has 0 radical (unpaired) electrons. The number of hydrogen-bond acceptors (Lipinski definition) is 5. The molecule has 2 N–H and O–H groups in total. The first kappa shape index (κ1) is 19.7. The van der Waals surface area contributed by atoms with Gasteiger partial charge in [-0.2, -0.15) is 8.42 Å². The minimum Gasteiger partial charge on any atom is -0.508 e. The van der Waals surface area contributed by atoms with Crippen molar-refractivity contribution in [1.82, 2.24) is 4.47 Å². The number of aryl methyl sites for hydroxylation is 1. The van der Waals surface area contributed by atoms with Crippen molar-refractivity contribution in [3.05, 3.63) is 29.3 Å². The molecule has 5 atom stereocenters. The van der Waals surface area contributed by atoms with Crippen molar-refractivity contribution in [1.29, 1.82) is 0 Å². The van der Waals surface area contributed by atoms with E-state index in [0.717, 1.165) is 39.0 Å². The first-order valence-electron chi connectivity index (χ1n) is 9.88. The lowest BCUT2D eigenvalue weighted by Crippen LogP contribution is -2.48. The molecule has 0 heterocycles. The van der Waals surface area contributed by atoms with E-state index in [1.54, 1.807) is 6.07 Å². The number of benzene rings is 1. The van der Waals surface area contributed by atoms with Gasteiger partial charge in [-0.15, -0.1) is 0 Å². The number of rotatable bonds is 3. The van der Waals surface area contributed by atoms with Crippen LogP contribution in [-0.4, -0.2) is 34.6 Å². The molecule has 1 amide bonds. The van der Waals surface area contributed by atoms with Gasteiger partial charge in [-0.05, 0) is 85.0 Å². The summed E-state index contributed by atoms with van der Waals surface area (Å²) in [6.07, 6.45) is 4.92. The molecule has 154 valence electrons. The highest BCUT2D eigenvalue weighted by molar-refractivity contribution is 7.83. The maximum absolute atomic E-state index is 11.7. The average molecular weight is 410 g/mol. The molecule has 0 aliphatic heterocycles. The van der Waals surface area contributed by atoms with E-state index in [0.29, 0.717) is 29.9 Å². The Balaban J connectivity index is 1.59. The number of nitrogens with zero attached hydrogens (tertiary/aromatic N) is 1. The quantitative estimate of drug-likeness (QED) is 0.587. The van der Waals surface area contributed by atoms with Crippen molar-refractivity contribution in [3.8, 4) is 5.75 Å². The van der Waals surface area contributed by atoms with E-state index in [9.17, 15) is 22.9 Å². The number of hydroxylamine groups is 1. The predicted molar refractivity (Wildman–Crippen MR) is 102 cm³/mol. The van der Waals surface area contributed by atoms with Gasteiger partial charge in [0.2, 0.25) is 0 Å². The van der Waals surface area contributed by atoms with E-state index in [1.165, 1.54) is 11.1 Å². The van der Waals surface area contributed by atoms with Crippen LogP contribution in [0.4, 0.5) is 0 Å². The summed E-state index contributed by atoms with van der Waals surface area (Å²) in [5, 5.41) is 9.79. The molecular weight excluding hydrogens is 382 g/mol. The van der Waals surface area contributed by atoms with Gasteiger partial charge in [0.25, 0.3) is 5.91 Å². The molecule has 4 rings (SSSR count). The lowest BCUT2D eigenvalue weighted by atomic mass is 9.55. The summed E-state index contributed by atoms with van der Waals surface area (Å²) in [4.78, 5) is 17.3. The summed E-state index contributed by atoms with van der Waals surface area (Å²) in [7, 11) is -4.75. The molecule has 8 heteroatoms. The van der Waals surface area contributed by atoms with Crippen LogP contribution in [0, 0.1) is 17.3 Å². The summed E-state index contributed by atoms with van der Waals surface area (Å²) < 4.78 is 32.5. The Morgan fingerprint density at radius 3 is 2.68 bits per heavy atom. The van der Waals surface area contributed by atoms with Crippen molar-refractivity contribution >= 4 is 16.2 Å². The molecule has 1 aromatic rings. The molecule has 0 saturated heterocycles. The fourth-order valence-corrected chi connectivity index (χ4v) is 6.64. The second-order valence-corrected chi connectivity index (χ2v) is 9.97. The van der Waals surface area contributed by atoms with Gasteiger partial charge in [0, 0.05) is 6.92 Å². The number of phenols is 1. The van der Waals surface area contributed by atoms with Crippen molar-refractivity contribution in [3.63, 3.8) is 0 Å². The zero-order valence-corrected chi connectivity index (χ0v) is 17.0. The van der Waals surface area contributed by atoms with Crippen molar-refractivity contribution in [2.45, 2.75) is 64.4 Å². The summed E-state index contributed by atoms with van der Waals surface area (Å²) >= 11 is 0. The van der Waals surface area contributed by atoms with Gasteiger partial charge in [0.05, 0.1) is 6.10 Å². The Morgan fingerprint density at radius 1 is 1.25 bits per heavy atom. The summed E-state index contributed by atoms with van der Waals surface area (Å²) in [6, 6.07) is 5.67. The topological polar surface area (TPSA) is 104 Å². The van der Waals surface area contributed by atoms with E-state index in [-0.39, 0.29) is 9.88 Å². The summed E-state index contributed by atoms with van der Waals surface area (Å²) in [6.45, 7) is 3.19. The zero-order chi connectivity index (χ0) is 20.3. The third kappa shape index (κ3) is 3.11. The summed E-state index contributed by atoms with van der Waals surface area (Å²) in [5.74, 6) is 0.734. The Bertz CT molecular complexity index is 900. The zero-order valence-electron chi connectivity index (χ0n) is 16.2. The van der Waals surface area contributed by atoms with E-state index >= 15 is 0 Å². The molecule has 3 aliphatic rings. The smallest absolute Gasteiger partial charge is 0.385 e. The highest BCUT2D eigenvalue weighted by Gasteiger charge is 2.56. The van der Waals surface area contributed by atoms with Gasteiger partial charge in [-0.25, -0.2) is 0 Å². The van der Waals surface area contributed by atoms with Gasteiger partial charge in [-0.1, -0.05) is 17.5 Å². The van der Waals surface area contributed by atoms with Gasteiger partial charge >= 0.3 is 10.3 Å². The minimum absolute atomic E-state index is 0.135. The lowest BCUT2D eigenvalue weighted by Gasteiger charge is -2.50. The molecule has 0 bridgehead atoms. The van der Waals surface area contributed by atoms with Crippen LogP contribution in [0.3, 0.4) is 0 Å². The Labute approximate surface area is 165 Å². The lowest BCUT2D eigenvalue weighted by molar-refractivity contribution is -0.192. The van der Waals surface area contributed by atoms with Crippen molar-refractivity contribution < 1.29 is 27.7 Å². The van der Waals surface area contributed by atoms with E-state index in [1.807, 2.05) is 12.1 Å². The molecule has 2 saturated carbocycles. The number of carbonyl (C=O) groups is 1. The largest absolute Gasteiger partial charge is 0.508 e. The molecule has 0 unspecified atom stereocenters. The SMILES string of the molecule is CC(=O)N(O[C@H]1CC[C@H]2[C@@H]3CCc4cc(O)ccc4[C@H]3CC[C@]12C)S(=O)(=O)O. The first-order chi connectivity index (χ1) is 13.1. The first-order valence-corrected chi connectivity index (χ1v) is 11.3. The molecule has 1 aromatic carbocycles. The fraction of sp³-hybridized carbons (Fsp3) is 0.650. The normalized spacial score (nSPS) is 34.2. The number of hydrogen-bond donors (Lipinski definition) is 2. The highest BCUT2D eigenvalue weighted by atomic mass is 32.2. The maximum Gasteiger partial charge on any atom is 0.385 e. The van der Waals surface area contributed by atoms with E-state index in [4.69, 9.17) is 4.84 Å². The van der Waals surface area contributed by atoms with Crippen LogP contribution in [0.2, 0.25) is 0 Å². The van der Waals surface area contributed by atoms with Crippen LogP contribution in [0.1, 0.15) is 63.0 Å². The van der Waals surface area contributed by atoms with Crippen LogP contribution in [-0.2, 0) is 26.4 Å². The number of fused-ring (bicyclic) bond motifs is 5. The molecule has 28 heavy (non-hydrogen) atoms. The standard InChI is InChI=1S/C20H27NO6S/c1-12(22)21(28(24,25)26)27-19-8-7-18-17-5-3-13-11-14(23)4-6-15(13)16(17)9-10-20(18,19)2/h4,6,11,16-19,23H,3,5,7-10H2,1-2H3,(H,24,25,26)/t16-,17-,18+,19+,20+/m1/s1. The van der Waals surface area contributed by atoms with Crippen LogP contribution >= 0.6 is 0 Å². The van der Waals surface area contributed by atoms with Crippen LogP contribution in [0.15, 0.2) is 18.2 Å². The molecule has 2 fully saturated rings. The Kier molecular flexibility index (Phi) is 4.71. The Morgan fingerprint density at radius 2 is 2.00 bits per heavy atom. The monoisotopic (exact) mass is 409 g/mol. The molecule has 0 spiro atoms. The summed E-state index contributed by atoms with van der Waals surface area (Å²) in [5.41, 5.74) is 2.31. The van der Waals surface area contributed by atoms with Gasteiger partial charge in [0.1, 0.15) is 5.75 Å². The highest BCUT2D eigenvalue weighted by Crippen LogP contribution is 2.61. The number of phenolic OH excluding ortho intramolecular Hbond substituents is 1. The maximum atomic E-state index is 11.7. The molecular formula is C20H27NO6S. The Hall–Kier alpha value is -1.64. The van der Waals surface area contributed by atoms with Crippen LogP contribution in [0.25, 0.3) is 0 Å². The molecule has 7 nitrogen and oxygen atoms in total. The number of aromatic hydroxyl groups is 1. The average Bonchev–Trinajstić information content (AvgIpc) is 2.94.